The van der Waals surface area contributed by atoms with Gasteiger partial charge in [0.25, 0.3) is 0 Å². The van der Waals surface area contributed by atoms with Crippen LogP contribution in [0, 0.1) is 18.8 Å². The highest BCUT2D eigenvalue weighted by molar-refractivity contribution is 4.99. The predicted molar refractivity (Wildman–Crippen MR) is 77.3 cm³/mol. The Morgan fingerprint density at radius 1 is 1.40 bits per heavy atom. The average molecular weight is 282 g/mol. The fourth-order valence-corrected chi connectivity index (χ4v) is 3.00. The molecule has 0 aliphatic carbocycles. The normalized spacial score (nSPS) is 23.9. The molecule has 1 aromatic heterocycles. The van der Waals surface area contributed by atoms with Crippen LogP contribution in [-0.2, 0) is 6.54 Å². The summed E-state index contributed by atoms with van der Waals surface area (Å²) in [5.74, 6) is 1.75. The largest absolute Gasteiger partial charge is 0.396 e. The van der Waals surface area contributed by atoms with Gasteiger partial charge in [0, 0.05) is 44.7 Å². The molecule has 1 aliphatic rings. The summed E-state index contributed by atoms with van der Waals surface area (Å²) in [4.78, 5) is 12.1. The number of nitrogens with one attached hydrogen (secondary N) is 1. The van der Waals surface area contributed by atoms with Gasteiger partial charge in [-0.15, -0.1) is 0 Å². The molecule has 0 bridgehead atoms. The number of nitrogens with zero attached hydrogens (tertiary/aromatic N) is 3. The van der Waals surface area contributed by atoms with Crippen molar-refractivity contribution in [3.8, 4) is 0 Å². The minimum atomic E-state index is 0.183. The van der Waals surface area contributed by atoms with Crippen molar-refractivity contribution in [3.63, 3.8) is 0 Å². The summed E-state index contributed by atoms with van der Waals surface area (Å²) in [6.07, 6.45) is 1.85. The van der Waals surface area contributed by atoms with Gasteiger partial charge >= 0.3 is 0 Å². The quantitative estimate of drug-likeness (QED) is 0.639. The van der Waals surface area contributed by atoms with E-state index < -0.39 is 0 Å². The maximum atomic E-state index is 9.55. The number of aromatic amines is 1. The standard InChI is InChI=1S/C14H26N4O2/c1-11-5-15-14(16-11)9-18-7-12(13(8-18)10-20)6-17(2)3-4-19/h5,12-13,19-20H,3-4,6-10H2,1-2H3,(H,15,16)/t12-,13-/m1/s1. The number of likely N-dealkylation sites (tertiary alicyclic amines) is 1. The van der Waals surface area contributed by atoms with Crippen molar-refractivity contribution >= 4 is 0 Å². The van der Waals surface area contributed by atoms with Crippen LogP contribution in [0.15, 0.2) is 6.20 Å². The number of H-pyrrole nitrogens is 1. The Labute approximate surface area is 120 Å². The summed E-state index contributed by atoms with van der Waals surface area (Å²) >= 11 is 0. The molecule has 0 spiro atoms. The summed E-state index contributed by atoms with van der Waals surface area (Å²) in [5.41, 5.74) is 1.08. The van der Waals surface area contributed by atoms with E-state index in [9.17, 15) is 5.11 Å². The first kappa shape index (κ1) is 15.4. The Bertz CT molecular complexity index is 410. The van der Waals surface area contributed by atoms with Gasteiger partial charge in [0.2, 0.25) is 0 Å². The van der Waals surface area contributed by atoms with Gasteiger partial charge in [0.1, 0.15) is 5.82 Å². The van der Waals surface area contributed by atoms with E-state index in [1.165, 1.54) is 0 Å². The third kappa shape index (κ3) is 4.02. The highest BCUT2D eigenvalue weighted by Gasteiger charge is 2.33. The van der Waals surface area contributed by atoms with Gasteiger partial charge in [-0.25, -0.2) is 4.98 Å². The summed E-state index contributed by atoms with van der Waals surface area (Å²) in [5, 5.41) is 18.5. The fraction of sp³-hybridized carbons (Fsp3) is 0.786. The first-order valence-corrected chi connectivity index (χ1v) is 7.25. The SMILES string of the molecule is Cc1cnc(CN2C[C@@H](CN(C)CCO)[C@@H](CO)C2)[nH]1. The van der Waals surface area contributed by atoms with E-state index in [-0.39, 0.29) is 13.2 Å². The van der Waals surface area contributed by atoms with Crippen LogP contribution in [0.4, 0.5) is 0 Å². The second kappa shape index (κ2) is 7.17. The van der Waals surface area contributed by atoms with Crippen molar-refractivity contribution in [1.82, 2.24) is 19.8 Å². The van der Waals surface area contributed by atoms with Gasteiger partial charge < -0.3 is 20.1 Å². The topological polar surface area (TPSA) is 75.6 Å². The van der Waals surface area contributed by atoms with Gasteiger partial charge in [-0.2, -0.15) is 0 Å². The van der Waals surface area contributed by atoms with Gasteiger partial charge in [-0.05, 0) is 25.8 Å². The average Bonchev–Trinajstić information content (AvgIpc) is 2.96. The molecule has 20 heavy (non-hydrogen) atoms. The van der Waals surface area contributed by atoms with Crippen LogP contribution in [0.5, 0.6) is 0 Å². The Kier molecular flexibility index (Phi) is 5.54. The zero-order valence-electron chi connectivity index (χ0n) is 12.4. The molecular formula is C14H26N4O2. The third-order valence-corrected chi connectivity index (χ3v) is 4.04. The molecule has 2 atom stereocenters. The minimum absolute atomic E-state index is 0.183. The van der Waals surface area contributed by atoms with Crippen LogP contribution < -0.4 is 0 Å². The minimum Gasteiger partial charge on any atom is -0.396 e. The third-order valence-electron chi connectivity index (χ3n) is 4.04. The van der Waals surface area contributed by atoms with Crippen LogP contribution >= 0.6 is 0 Å². The molecule has 6 heteroatoms. The molecule has 0 unspecified atom stereocenters. The lowest BCUT2D eigenvalue weighted by Gasteiger charge is -2.23. The number of hydrogen-bond donors (Lipinski definition) is 3. The zero-order chi connectivity index (χ0) is 14.5. The number of imidazole rings is 1. The molecule has 114 valence electrons. The van der Waals surface area contributed by atoms with Gasteiger partial charge in [-0.3, -0.25) is 4.90 Å². The Morgan fingerprint density at radius 3 is 2.75 bits per heavy atom. The van der Waals surface area contributed by atoms with Gasteiger partial charge in [-0.1, -0.05) is 0 Å². The predicted octanol–water partition coefficient (Wildman–Crippen LogP) is -0.317. The van der Waals surface area contributed by atoms with Crippen LogP contribution in [0.3, 0.4) is 0 Å². The monoisotopic (exact) mass is 282 g/mol. The Hall–Kier alpha value is -0.950. The number of aliphatic hydroxyl groups excluding tert-OH is 2. The molecule has 0 saturated carbocycles. The molecule has 1 aliphatic heterocycles. The Morgan fingerprint density at radius 2 is 2.15 bits per heavy atom. The maximum absolute atomic E-state index is 9.55. The van der Waals surface area contributed by atoms with Crippen LogP contribution in [0.2, 0.25) is 0 Å². The molecule has 1 fully saturated rings. The summed E-state index contributed by atoms with van der Waals surface area (Å²) in [6.45, 7) is 6.71. The molecule has 2 heterocycles. The van der Waals surface area contributed by atoms with Crippen LogP contribution in [0.25, 0.3) is 0 Å². The lowest BCUT2D eigenvalue weighted by atomic mass is 9.96. The van der Waals surface area contributed by atoms with Crippen molar-refractivity contribution in [2.75, 3.05) is 46.4 Å². The molecule has 0 radical (unpaired) electrons. The van der Waals surface area contributed by atoms with Crippen molar-refractivity contribution in [2.45, 2.75) is 13.5 Å². The molecule has 0 amide bonds. The summed E-state index contributed by atoms with van der Waals surface area (Å²) in [6, 6.07) is 0. The summed E-state index contributed by atoms with van der Waals surface area (Å²) < 4.78 is 0. The number of aliphatic hydroxyl groups is 2. The van der Waals surface area contributed by atoms with Gasteiger partial charge in [0.15, 0.2) is 0 Å². The van der Waals surface area contributed by atoms with Crippen LogP contribution in [0.1, 0.15) is 11.5 Å². The first-order chi connectivity index (χ1) is 9.62. The number of aromatic nitrogens is 2. The fourth-order valence-electron chi connectivity index (χ4n) is 3.00. The lowest BCUT2D eigenvalue weighted by Crippen LogP contribution is -2.33. The Balaban J connectivity index is 1.88. The first-order valence-electron chi connectivity index (χ1n) is 7.25. The number of aryl methyl sites for hydroxylation is 1. The number of likely N-dealkylation sites (N-methyl/N-ethyl adjacent to an activating group) is 1. The van der Waals surface area contributed by atoms with Crippen molar-refractivity contribution in [3.05, 3.63) is 17.7 Å². The second-order valence-electron chi connectivity index (χ2n) is 5.90. The number of hydrogen-bond acceptors (Lipinski definition) is 5. The molecule has 0 aromatic carbocycles. The van der Waals surface area contributed by atoms with Crippen molar-refractivity contribution < 1.29 is 10.2 Å². The van der Waals surface area contributed by atoms with E-state index in [4.69, 9.17) is 5.11 Å². The molecular weight excluding hydrogens is 256 g/mol. The van der Waals surface area contributed by atoms with E-state index in [2.05, 4.69) is 19.8 Å². The van der Waals surface area contributed by atoms with E-state index >= 15 is 0 Å². The molecule has 2 rings (SSSR count). The molecule has 3 N–H and O–H groups in total. The highest BCUT2D eigenvalue weighted by atomic mass is 16.3. The molecule has 6 nitrogen and oxygen atoms in total. The number of rotatable bonds is 7. The maximum Gasteiger partial charge on any atom is 0.120 e. The van der Waals surface area contributed by atoms with Gasteiger partial charge in [0.05, 0.1) is 13.2 Å². The van der Waals surface area contributed by atoms with E-state index in [1.54, 1.807) is 0 Å². The smallest absolute Gasteiger partial charge is 0.120 e. The van der Waals surface area contributed by atoms with E-state index in [0.717, 1.165) is 37.7 Å². The molecule has 1 aromatic rings. The highest BCUT2D eigenvalue weighted by Crippen LogP contribution is 2.24. The second-order valence-corrected chi connectivity index (χ2v) is 5.90. The van der Waals surface area contributed by atoms with E-state index in [0.29, 0.717) is 18.4 Å². The summed E-state index contributed by atoms with van der Waals surface area (Å²) in [7, 11) is 2.02. The van der Waals surface area contributed by atoms with Crippen molar-refractivity contribution in [1.29, 1.82) is 0 Å². The van der Waals surface area contributed by atoms with Crippen LogP contribution in [-0.4, -0.2) is 76.4 Å². The molecule has 1 saturated heterocycles. The van der Waals surface area contributed by atoms with E-state index in [1.807, 2.05) is 20.2 Å². The zero-order valence-corrected chi connectivity index (χ0v) is 12.4. The van der Waals surface area contributed by atoms with Crippen molar-refractivity contribution in [2.24, 2.45) is 11.8 Å². The lowest BCUT2D eigenvalue weighted by molar-refractivity contribution is 0.160.